The molecule has 1 aromatic rings. The molecule has 0 aromatic carbocycles. The quantitative estimate of drug-likeness (QED) is 0.629. The predicted molar refractivity (Wildman–Crippen MR) is 52.5 cm³/mol. The third-order valence-electron chi connectivity index (χ3n) is 1.35. The molecule has 4 heteroatoms. The number of anilines is 1. The number of aliphatic hydroxyl groups is 1. The van der Waals surface area contributed by atoms with Gasteiger partial charge in [0.2, 0.25) is 5.91 Å². The maximum absolute atomic E-state index is 10.7. The van der Waals surface area contributed by atoms with Gasteiger partial charge in [0.15, 0.2) is 0 Å². The minimum absolute atomic E-state index is 0.176. The molecule has 0 fully saturated rings. The van der Waals surface area contributed by atoms with E-state index >= 15 is 0 Å². The van der Waals surface area contributed by atoms with Crippen LogP contribution in [-0.2, 0) is 4.79 Å². The van der Waals surface area contributed by atoms with Crippen LogP contribution in [0, 0.1) is 11.8 Å². The molecular formula is C10H10N2O2. The first kappa shape index (κ1) is 10.2. The van der Waals surface area contributed by atoms with Crippen molar-refractivity contribution >= 4 is 11.7 Å². The van der Waals surface area contributed by atoms with Gasteiger partial charge >= 0.3 is 0 Å². The molecule has 0 saturated carbocycles. The number of pyridine rings is 1. The Hall–Kier alpha value is -1.86. The SMILES string of the molecule is CC(=O)Nc1cccc(C#CCO)n1. The van der Waals surface area contributed by atoms with E-state index in [9.17, 15) is 4.79 Å². The molecule has 0 radical (unpaired) electrons. The van der Waals surface area contributed by atoms with E-state index in [-0.39, 0.29) is 12.5 Å². The Bertz CT molecular complexity index is 391. The first-order valence-corrected chi connectivity index (χ1v) is 4.07. The van der Waals surface area contributed by atoms with Crippen LogP contribution in [0.2, 0.25) is 0 Å². The van der Waals surface area contributed by atoms with E-state index in [0.717, 1.165) is 0 Å². The highest BCUT2D eigenvalue weighted by Gasteiger charge is 1.96. The topological polar surface area (TPSA) is 62.2 Å². The molecule has 0 saturated heterocycles. The van der Waals surface area contributed by atoms with Gasteiger partial charge in [-0.15, -0.1) is 0 Å². The van der Waals surface area contributed by atoms with Crippen molar-refractivity contribution < 1.29 is 9.90 Å². The Balaban J connectivity index is 2.84. The molecule has 1 heterocycles. The van der Waals surface area contributed by atoms with E-state index in [4.69, 9.17) is 5.11 Å². The molecular weight excluding hydrogens is 180 g/mol. The summed E-state index contributed by atoms with van der Waals surface area (Å²) in [5.74, 6) is 5.41. The molecule has 0 aliphatic rings. The normalized spacial score (nSPS) is 8.71. The number of amides is 1. The van der Waals surface area contributed by atoms with Gasteiger partial charge in [-0.25, -0.2) is 4.98 Å². The molecule has 72 valence electrons. The van der Waals surface area contributed by atoms with E-state index < -0.39 is 0 Å². The summed E-state index contributed by atoms with van der Waals surface area (Å²) in [5, 5.41) is 11.0. The molecule has 4 nitrogen and oxygen atoms in total. The Morgan fingerprint density at radius 3 is 3.07 bits per heavy atom. The molecule has 1 amide bonds. The van der Waals surface area contributed by atoms with Crippen LogP contribution in [0.5, 0.6) is 0 Å². The van der Waals surface area contributed by atoms with Crippen LogP contribution in [0.3, 0.4) is 0 Å². The van der Waals surface area contributed by atoms with Gasteiger partial charge in [0.25, 0.3) is 0 Å². The van der Waals surface area contributed by atoms with Gasteiger partial charge in [-0.3, -0.25) is 4.79 Å². The van der Waals surface area contributed by atoms with Crippen LogP contribution in [0.15, 0.2) is 18.2 Å². The Morgan fingerprint density at radius 2 is 2.43 bits per heavy atom. The highest BCUT2D eigenvalue weighted by Crippen LogP contribution is 2.03. The highest BCUT2D eigenvalue weighted by atomic mass is 16.2. The van der Waals surface area contributed by atoms with Gasteiger partial charge in [-0.05, 0) is 18.1 Å². The first-order valence-electron chi connectivity index (χ1n) is 4.07. The molecule has 0 aliphatic heterocycles. The fourth-order valence-corrected chi connectivity index (χ4v) is 0.884. The lowest BCUT2D eigenvalue weighted by molar-refractivity contribution is -0.114. The van der Waals surface area contributed by atoms with Gasteiger partial charge in [0.05, 0.1) is 0 Å². The standard InChI is InChI=1S/C10H10N2O2/c1-8(14)11-10-6-2-4-9(12-10)5-3-7-13/h2,4,6,13H,7H2,1H3,(H,11,12,14). The predicted octanol–water partition coefficient (Wildman–Crippen LogP) is 0.384. The summed E-state index contributed by atoms with van der Waals surface area (Å²) in [7, 11) is 0. The number of rotatable bonds is 1. The van der Waals surface area contributed by atoms with E-state index in [1.54, 1.807) is 18.2 Å². The van der Waals surface area contributed by atoms with E-state index in [0.29, 0.717) is 11.5 Å². The molecule has 14 heavy (non-hydrogen) atoms. The van der Waals surface area contributed by atoms with Crippen LogP contribution in [0.25, 0.3) is 0 Å². The van der Waals surface area contributed by atoms with Crippen LogP contribution in [0.4, 0.5) is 5.82 Å². The summed E-state index contributed by atoms with van der Waals surface area (Å²) in [5.41, 5.74) is 0.519. The van der Waals surface area contributed by atoms with Crippen molar-refractivity contribution in [3.8, 4) is 11.8 Å². The molecule has 0 aliphatic carbocycles. The van der Waals surface area contributed by atoms with Gasteiger partial charge in [-0.2, -0.15) is 0 Å². The number of aliphatic hydroxyl groups excluding tert-OH is 1. The molecule has 0 bridgehead atoms. The number of hydrogen-bond acceptors (Lipinski definition) is 3. The second-order valence-corrected chi connectivity index (χ2v) is 2.55. The van der Waals surface area contributed by atoms with Crippen molar-refractivity contribution in [3.63, 3.8) is 0 Å². The summed E-state index contributed by atoms with van der Waals surface area (Å²) in [6.07, 6.45) is 0. The lowest BCUT2D eigenvalue weighted by Gasteiger charge is -1.99. The molecule has 1 aromatic heterocycles. The zero-order valence-corrected chi connectivity index (χ0v) is 7.74. The fourth-order valence-electron chi connectivity index (χ4n) is 0.884. The number of nitrogens with zero attached hydrogens (tertiary/aromatic N) is 1. The summed E-state index contributed by atoms with van der Waals surface area (Å²) in [4.78, 5) is 14.7. The summed E-state index contributed by atoms with van der Waals surface area (Å²) >= 11 is 0. The van der Waals surface area contributed by atoms with Crippen molar-refractivity contribution in [1.29, 1.82) is 0 Å². The third-order valence-corrected chi connectivity index (χ3v) is 1.35. The highest BCUT2D eigenvalue weighted by molar-refractivity contribution is 5.87. The average molecular weight is 190 g/mol. The molecule has 0 atom stereocenters. The Labute approximate surface area is 82.0 Å². The summed E-state index contributed by atoms with van der Waals surface area (Å²) < 4.78 is 0. The fraction of sp³-hybridized carbons (Fsp3) is 0.200. The van der Waals surface area contributed by atoms with Crippen LogP contribution in [0.1, 0.15) is 12.6 Å². The summed E-state index contributed by atoms with van der Waals surface area (Å²) in [6.45, 7) is 1.21. The molecule has 2 N–H and O–H groups in total. The van der Waals surface area contributed by atoms with E-state index in [1.807, 2.05) is 0 Å². The van der Waals surface area contributed by atoms with Gasteiger partial charge in [0, 0.05) is 6.92 Å². The number of hydrogen-bond donors (Lipinski definition) is 2. The average Bonchev–Trinajstić information content (AvgIpc) is 2.14. The number of aromatic nitrogens is 1. The first-order chi connectivity index (χ1) is 6.72. The zero-order valence-electron chi connectivity index (χ0n) is 7.74. The molecule has 1 rings (SSSR count). The Kier molecular flexibility index (Phi) is 3.65. The second-order valence-electron chi connectivity index (χ2n) is 2.55. The van der Waals surface area contributed by atoms with Crippen molar-refractivity contribution in [2.45, 2.75) is 6.92 Å². The van der Waals surface area contributed by atoms with Gasteiger partial charge in [0.1, 0.15) is 18.1 Å². The van der Waals surface area contributed by atoms with Crippen molar-refractivity contribution in [2.75, 3.05) is 11.9 Å². The zero-order chi connectivity index (χ0) is 10.4. The lowest BCUT2D eigenvalue weighted by atomic mass is 10.3. The van der Waals surface area contributed by atoms with Crippen LogP contribution < -0.4 is 5.32 Å². The number of carbonyl (C=O) groups is 1. The van der Waals surface area contributed by atoms with Crippen LogP contribution in [-0.4, -0.2) is 22.6 Å². The van der Waals surface area contributed by atoms with Crippen LogP contribution >= 0.6 is 0 Å². The van der Waals surface area contributed by atoms with Gasteiger partial charge < -0.3 is 10.4 Å². The number of nitrogens with one attached hydrogen (secondary N) is 1. The van der Waals surface area contributed by atoms with Crippen molar-refractivity contribution in [2.24, 2.45) is 0 Å². The minimum Gasteiger partial charge on any atom is -0.384 e. The third kappa shape index (κ3) is 3.25. The van der Waals surface area contributed by atoms with Crippen molar-refractivity contribution in [3.05, 3.63) is 23.9 Å². The van der Waals surface area contributed by atoms with E-state index in [1.165, 1.54) is 6.92 Å². The molecule has 0 spiro atoms. The second kappa shape index (κ2) is 5.00. The van der Waals surface area contributed by atoms with Gasteiger partial charge in [-0.1, -0.05) is 12.0 Å². The molecule has 0 unspecified atom stereocenters. The maximum atomic E-state index is 10.7. The Morgan fingerprint density at radius 1 is 1.64 bits per heavy atom. The maximum Gasteiger partial charge on any atom is 0.222 e. The largest absolute Gasteiger partial charge is 0.384 e. The lowest BCUT2D eigenvalue weighted by Crippen LogP contribution is -2.07. The number of carbonyl (C=O) groups excluding carboxylic acids is 1. The summed E-state index contributed by atoms with van der Waals surface area (Å²) in [6, 6.07) is 5.11. The smallest absolute Gasteiger partial charge is 0.222 e. The monoisotopic (exact) mass is 190 g/mol. The van der Waals surface area contributed by atoms with Crippen molar-refractivity contribution in [1.82, 2.24) is 4.98 Å². The minimum atomic E-state index is -0.202. The van der Waals surface area contributed by atoms with E-state index in [2.05, 4.69) is 22.1 Å².